The third-order valence-electron chi connectivity index (χ3n) is 3.89. The molecule has 25 heavy (non-hydrogen) atoms. The van der Waals surface area contributed by atoms with Gasteiger partial charge < -0.3 is 9.88 Å². The van der Waals surface area contributed by atoms with Crippen LogP contribution in [0.2, 0.25) is 0 Å². The second-order valence-electron chi connectivity index (χ2n) is 5.74. The molecule has 0 unspecified atom stereocenters. The van der Waals surface area contributed by atoms with E-state index in [2.05, 4.69) is 28.5 Å². The molecule has 5 nitrogen and oxygen atoms in total. The quantitative estimate of drug-likeness (QED) is 0.671. The maximum atomic E-state index is 12.3. The highest BCUT2D eigenvalue weighted by Crippen LogP contribution is 2.27. The van der Waals surface area contributed by atoms with Gasteiger partial charge in [0.15, 0.2) is 11.0 Å². The molecule has 0 aliphatic rings. The monoisotopic (exact) mass is 372 g/mol. The minimum atomic E-state index is -0.243. The van der Waals surface area contributed by atoms with Gasteiger partial charge in [-0.1, -0.05) is 42.1 Å². The van der Waals surface area contributed by atoms with E-state index in [0.717, 1.165) is 27.0 Å². The molecule has 0 fully saturated rings. The second kappa shape index (κ2) is 7.84. The fourth-order valence-electron chi connectivity index (χ4n) is 2.42. The van der Waals surface area contributed by atoms with Gasteiger partial charge in [-0.15, -0.1) is 21.5 Å². The van der Waals surface area contributed by atoms with E-state index in [1.165, 1.54) is 11.8 Å². The topological polar surface area (TPSA) is 59.8 Å². The van der Waals surface area contributed by atoms with E-state index in [9.17, 15) is 4.79 Å². The van der Waals surface area contributed by atoms with Gasteiger partial charge in [0, 0.05) is 17.5 Å². The van der Waals surface area contributed by atoms with Crippen LogP contribution in [0.15, 0.2) is 46.9 Å². The zero-order valence-corrected chi connectivity index (χ0v) is 16.0. The highest BCUT2D eigenvalue weighted by molar-refractivity contribution is 8.00. The summed E-state index contributed by atoms with van der Waals surface area (Å²) in [6, 6.07) is 12.1. The molecule has 1 amide bonds. The number of amides is 1. The molecule has 1 N–H and O–H groups in total. The number of carbonyl (C=O) groups is 1. The van der Waals surface area contributed by atoms with Gasteiger partial charge in [0.05, 0.1) is 11.8 Å². The Kier molecular flexibility index (Phi) is 5.55. The molecule has 0 saturated carbocycles. The standard InChI is InChI=1S/C18H20N4OS2/c1-12-7-4-5-9-15(12)16-20-21-18(22(16)3)25-13(2)17(23)19-11-14-8-6-10-24-14/h4-10,13H,11H2,1-3H3,(H,19,23)/t13-/m0/s1. The van der Waals surface area contributed by atoms with Gasteiger partial charge in [0.1, 0.15) is 0 Å². The molecule has 3 rings (SSSR count). The van der Waals surface area contributed by atoms with E-state index < -0.39 is 0 Å². The minimum absolute atomic E-state index is 0.00107. The van der Waals surface area contributed by atoms with E-state index in [1.807, 2.05) is 54.3 Å². The molecule has 2 aromatic heterocycles. The van der Waals surface area contributed by atoms with Crippen LogP contribution >= 0.6 is 23.1 Å². The first-order valence-electron chi connectivity index (χ1n) is 7.98. The van der Waals surface area contributed by atoms with Crippen LogP contribution in [-0.4, -0.2) is 25.9 Å². The van der Waals surface area contributed by atoms with Gasteiger partial charge in [0.25, 0.3) is 0 Å². The van der Waals surface area contributed by atoms with E-state index in [4.69, 9.17) is 0 Å². The summed E-state index contributed by atoms with van der Waals surface area (Å²) in [7, 11) is 1.93. The smallest absolute Gasteiger partial charge is 0.233 e. The van der Waals surface area contributed by atoms with Crippen LogP contribution in [0.25, 0.3) is 11.4 Å². The summed E-state index contributed by atoms with van der Waals surface area (Å²) >= 11 is 3.05. The van der Waals surface area contributed by atoms with Crippen molar-refractivity contribution in [2.45, 2.75) is 30.8 Å². The van der Waals surface area contributed by atoms with Crippen molar-refractivity contribution < 1.29 is 4.79 Å². The Labute approximate surface area is 155 Å². The maximum absolute atomic E-state index is 12.3. The first-order valence-corrected chi connectivity index (χ1v) is 9.74. The first-order chi connectivity index (χ1) is 12.1. The molecule has 2 heterocycles. The lowest BCUT2D eigenvalue weighted by Gasteiger charge is -2.11. The Morgan fingerprint density at radius 2 is 2.08 bits per heavy atom. The van der Waals surface area contributed by atoms with Crippen LogP contribution in [0.5, 0.6) is 0 Å². The second-order valence-corrected chi connectivity index (χ2v) is 8.08. The number of nitrogens with zero attached hydrogens (tertiary/aromatic N) is 3. The first kappa shape index (κ1) is 17.7. The minimum Gasteiger partial charge on any atom is -0.350 e. The fourth-order valence-corrected chi connectivity index (χ4v) is 3.90. The average Bonchev–Trinajstić information content (AvgIpc) is 3.24. The third-order valence-corrected chi connectivity index (χ3v) is 5.90. The van der Waals surface area contributed by atoms with E-state index in [-0.39, 0.29) is 11.2 Å². The lowest BCUT2D eigenvalue weighted by Crippen LogP contribution is -2.30. The Hall–Kier alpha value is -2.12. The number of carbonyl (C=O) groups excluding carboxylic acids is 1. The Balaban J connectivity index is 1.67. The predicted octanol–water partition coefficient (Wildman–Crippen LogP) is 3.65. The summed E-state index contributed by atoms with van der Waals surface area (Å²) in [5.41, 5.74) is 2.20. The van der Waals surface area contributed by atoms with Gasteiger partial charge in [-0.25, -0.2) is 0 Å². The van der Waals surface area contributed by atoms with Crippen LogP contribution in [-0.2, 0) is 18.4 Å². The molecule has 3 aromatic rings. The molecule has 0 saturated heterocycles. The number of hydrogen-bond acceptors (Lipinski definition) is 5. The molecular formula is C18H20N4OS2. The van der Waals surface area contributed by atoms with E-state index in [1.54, 1.807) is 11.3 Å². The summed E-state index contributed by atoms with van der Waals surface area (Å²) < 4.78 is 1.94. The highest BCUT2D eigenvalue weighted by Gasteiger charge is 2.19. The van der Waals surface area contributed by atoms with E-state index in [0.29, 0.717) is 6.54 Å². The Bertz CT molecular complexity index is 858. The lowest BCUT2D eigenvalue weighted by atomic mass is 10.1. The molecule has 0 radical (unpaired) electrons. The summed E-state index contributed by atoms with van der Waals surface area (Å²) in [5, 5.41) is 14.0. The molecule has 0 bridgehead atoms. The van der Waals surface area contributed by atoms with Crippen LogP contribution in [0.4, 0.5) is 0 Å². The van der Waals surface area contributed by atoms with Crippen molar-refractivity contribution in [3.8, 4) is 11.4 Å². The summed E-state index contributed by atoms with van der Waals surface area (Å²) in [6.07, 6.45) is 0. The SMILES string of the molecule is Cc1ccccc1-c1nnc(S[C@@H](C)C(=O)NCc2cccs2)n1C. The number of thioether (sulfide) groups is 1. The molecule has 1 atom stereocenters. The number of thiophene rings is 1. The molecular weight excluding hydrogens is 352 g/mol. The maximum Gasteiger partial charge on any atom is 0.233 e. The van der Waals surface area contributed by atoms with Crippen molar-refractivity contribution in [1.29, 1.82) is 0 Å². The largest absolute Gasteiger partial charge is 0.350 e. The Morgan fingerprint density at radius 1 is 1.28 bits per heavy atom. The molecule has 0 spiro atoms. The van der Waals surface area contributed by atoms with Crippen molar-refractivity contribution in [1.82, 2.24) is 20.1 Å². The van der Waals surface area contributed by atoms with Gasteiger partial charge >= 0.3 is 0 Å². The zero-order valence-electron chi connectivity index (χ0n) is 14.4. The molecule has 1 aromatic carbocycles. The lowest BCUT2D eigenvalue weighted by molar-refractivity contribution is -0.120. The number of aryl methyl sites for hydroxylation is 1. The molecule has 0 aliphatic carbocycles. The number of hydrogen-bond donors (Lipinski definition) is 1. The predicted molar refractivity (Wildman–Crippen MR) is 103 cm³/mol. The zero-order chi connectivity index (χ0) is 17.8. The Morgan fingerprint density at radius 3 is 2.80 bits per heavy atom. The normalized spacial score (nSPS) is 12.1. The van der Waals surface area contributed by atoms with Gasteiger partial charge in [-0.05, 0) is 30.9 Å². The molecule has 7 heteroatoms. The fraction of sp³-hybridized carbons (Fsp3) is 0.278. The van der Waals surface area contributed by atoms with Gasteiger partial charge in [0.2, 0.25) is 5.91 Å². The van der Waals surface area contributed by atoms with Crippen molar-refractivity contribution in [2.24, 2.45) is 7.05 Å². The number of benzene rings is 1. The van der Waals surface area contributed by atoms with Gasteiger partial charge in [-0.2, -0.15) is 0 Å². The van der Waals surface area contributed by atoms with Crippen molar-refractivity contribution in [2.75, 3.05) is 0 Å². The van der Waals surface area contributed by atoms with Crippen molar-refractivity contribution in [3.63, 3.8) is 0 Å². The van der Waals surface area contributed by atoms with E-state index >= 15 is 0 Å². The van der Waals surface area contributed by atoms with Crippen LogP contribution in [0, 0.1) is 6.92 Å². The van der Waals surface area contributed by atoms with Gasteiger partial charge in [-0.3, -0.25) is 4.79 Å². The van der Waals surface area contributed by atoms with Crippen LogP contribution in [0.1, 0.15) is 17.4 Å². The molecule has 0 aliphatic heterocycles. The summed E-state index contributed by atoms with van der Waals surface area (Å²) in [6.45, 7) is 4.50. The highest BCUT2D eigenvalue weighted by atomic mass is 32.2. The molecule has 130 valence electrons. The summed E-state index contributed by atoms with van der Waals surface area (Å²) in [4.78, 5) is 13.4. The average molecular weight is 373 g/mol. The van der Waals surface area contributed by atoms with Crippen molar-refractivity contribution in [3.05, 3.63) is 52.2 Å². The number of rotatable bonds is 6. The van der Waals surface area contributed by atoms with Crippen molar-refractivity contribution >= 4 is 29.0 Å². The summed E-state index contributed by atoms with van der Waals surface area (Å²) in [5.74, 6) is 0.811. The van der Waals surface area contributed by atoms with Crippen LogP contribution in [0.3, 0.4) is 0 Å². The number of nitrogens with one attached hydrogen (secondary N) is 1. The van der Waals surface area contributed by atoms with Crippen LogP contribution < -0.4 is 5.32 Å². The third kappa shape index (κ3) is 4.11. The number of aromatic nitrogens is 3.